The number of fused-ring (bicyclic) bond motifs is 1. The lowest BCUT2D eigenvalue weighted by Gasteiger charge is -2.11. The van der Waals surface area contributed by atoms with Crippen molar-refractivity contribution in [2.24, 2.45) is 5.73 Å². The van der Waals surface area contributed by atoms with E-state index in [4.69, 9.17) is 5.73 Å². The summed E-state index contributed by atoms with van der Waals surface area (Å²) in [4.78, 5) is 11.5. The Bertz CT molecular complexity index is 937. The highest BCUT2D eigenvalue weighted by atomic mass is 19.3. The summed E-state index contributed by atoms with van der Waals surface area (Å²) >= 11 is 0. The topological polar surface area (TPSA) is 81.1 Å². The van der Waals surface area contributed by atoms with Crippen molar-refractivity contribution in [3.63, 3.8) is 0 Å². The largest absolute Gasteiger partial charge is 0.395 e. The Kier molecular flexibility index (Phi) is 4.50. The molecule has 0 saturated heterocycles. The summed E-state index contributed by atoms with van der Waals surface area (Å²) in [5, 5.41) is 13.7. The van der Waals surface area contributed by atoms with Crippen LogP contribution in [0.1, 0.15) is 29.2 Å². The maximum absolute atomic E-state index is 13.4. The number of nitrogens with zero attached hydrogens (tertiary/aromatic N) is 2. The van der Waals surface area contributed by atoms with Crippen molar-refractivity contribution in [3.05, 3.63) is 59.3 Å². The van der Waals surface area contributed by atoms with Crippen molar-refractivity contribution < 1.29 is 18.7 Å². The molecule has 0 aliphatic carbocycles. The Morgan fingerprint density at radius 2 is 2.04 bits per heavy atom. The molecule has 3 aromatic rings. The molecule has 1 unspecified atom stereocenters. The summed E-state index contributed by atoms with van der Waals surface area (Å²) in [6, 6.07) is 11.9. The standard InChI is InChI=1S/C18H17F2N3O2/c1-10-3-2-4-12(7-10)23-15-8-11(14(9-24)18(21)25)5-6-13(15)16(22-23)17(19)20/h2-8,14,17,24H,9H2,1H3,(H2,21,25). The van der Waals surface area contributed by atoms with E-state index in [1.807, 2.05) is 25.1 Å². The number of carbonyl (C=O) groups is 1. The molecule has 130 valence electrons. The summed E-state index contributed by atoms with van der Waals surface area (Å²) in [6.45, 7) is 1.44. The molecule has 0 aliphatic heterocycles. The number of primary amides is 1. The number of aryl methyl sites for hydroxylation is 1. The Labute approximate surface area is 142 Å². The number of benzene rings is 2. The number of carbonyl (C=O) groups excluding carboxylic acids is 1. The van der Waals surface area contributed by atoms with Gasteiger partial charge in [0.2, 0.25) is 5.91 Å². The van der Waals surface area contributed by atoms with Gasteiger partial charge in [0, 0.05) is 5.39 Å². The van der Waals surface area contributed by atoms with Crippen LogP contribution in [-0.4, -0.2) is 27.4 Å². The van der Waals surface area contributed by atoms with Crippen LogP contribution >= 0.6 is 0 Å². The van der Waals surface area contributed by atoms with Gasteiger partial charge >= 0.3 is 0 Å². The lowest BCUT2D eigenvalue weighted by molar-refractivity contribution is -0.120. The molecule has 1 atom stereocenters. The third-order valence-corrected chi connectivity index (χ3v) is 4.11. The van der Waals surface area contributed by atoms with E-state index in [-0.39, 0.29) is 5.69 Å². The summed E-state index contributed by atoms with van der Waals surface area (Å²) < 4.78 is 28.2. The quantitative estimate of drug-likeness (QED) is 0.746. The number of amides is 1. The van der Waals surface area contributed by atoms with E-state index in [0.717, 1.165) is 5.56 Å². The molecule has 0 bridgehead atoms. The maximum Gasteiger partial charge on any atom is 0.282 e. The average Bonchev–Trinajstić information content (AvgIpc) is 2.94. The molecule has 25 heavy (non-hydrogen) atoms. The summed E-state index contributed by atoms with van der Waals surface area (Å²) in [6.07, 6.45) is -2.73. The minimum atomic E-state index is -2.73. The van der Waals surface area contributed by atoms with Crippen molar-refractivity contribution in [3.8, 4) is 5.69 Å². The van der Waals surface area contributed by atoms with E-state index >= 15 is 0 Å². The van der Waals surface area contributed by atoms with Gasteiger partial charge in [-0.3, -0.25) is 4.79 Å². The van der Waals surface area contributed by atoms with E-state index in [1.54, 1.807) is 12.1 Å². The van der Waals surface area contributed by atoms with Crippen LogP contribution < -0.4 is 5.73 Å². The first kappa shape index (κ1) is 17.0. The van der Waals surface area contributed by atoms with Gasteiger partial charge in [-0.05, 0) is 36.2 Å². The minimum absolute atomic E-state index is 0.293. The molecule has 3 rings (SSSR count). The van der Waals surface area contributed by atoms with E-state index in [0.29, 0.717) is 22.2 Å². The van der Waals surface area contributed by atoms with Crippen molar-refractivity contribution in [1.82, 2.24) is 9.78 Å². The molecule has 2 aromatic carbocycles. The number of aliphatic hydroxyl groups excluding tert-OH is 1. The van der Waals surface area contributed by atoms with Crippen molar-refractivity contribution in [1.29, 1.82) is 0 Å². The zero-order valence-corrected chi connectivity index (χ0v) is 13.5. The lowest BCUT2D eigenvalue weighted by Crippen LogP contribution is -2.24. The first-order valence-electron chi connectivity index (χ1n) is 7.70. The van der Waals surface area contributed by atoms with Crippen molar-refractivity contribution in [2.75, 3.05) is 6.61 Å². The summed E-state index contributed by atoms with van der Waals surface area (Å²) in [5.41, 5.74) is 7.45. The first-order chi connectivity index (χ1) is 11.9. The molecule has 0 aliphatic rings. The van der Waals surface area contributed by atoms with Gasteiger partial charge in [-0.1, -0.05) is 24.3 Å². The number of halogens is 2. The van der Waals surface area contributed by atoms with Crippen LogP contribution in [-0.2, 0) is 4.79 Å². The predicted molar refractivity (Wildman–Crippen MR) is 89.8 cm³/mol. The lowest BCUT2D eigenvalue weighted by atomic mass is 9.98. The van der Waals surface area contributed by atoms with Crippen LogP contribution in [0.15, 0.2) is 42.5 Å². The number of aromatic nitrogens is 2. The van der Waals surface area contributed by atoms with Crippen LogP contribution in [0.2, 0.25) is 0 Å². The monoisotopic (exact) mass is 345 g/mol. The van der Waals surface area contributed by atoms with Gasteiger partial charge in [0.25, 0.3) is 6.43 Å². The van der Waals surface area contributed by atoms with E-state index in [2.05, 4.69) is 5.10 Å². The molecule has 0 fully saturated rings. The van der Waals surface area contributed by atoms with Gasteiger partial charge < -0.3 is 10.8 Å². The normalized spacial score (nSPS) is 12.7. The Morgan fingerprint density at radius 3 is 2.64 bits per heavy atom. The Balaban J connectivity index is 2.26. The van der Waals surface area contributed by atoms with Crippen LogP contribution in [0.3, 0.4) is 0 Å². The zero-order valence-electron chi connectivity index (χ0n) is 13.5. The molecular weight excluding hydrogens is 328 g/mol. The van der Waals surface area contributed by atoms with Crippen LogP contribution in [0.25, 0.3) is 16.6 Å². The molecule has 0 saturated carbocycles. The SMILES string of the molecule is Cc1cccc(-n2nc(C(F)F)c3ccc(C(CO)C(N)=O)cc32)c1. The van der Waals surface area contributed by atoms with Crippen LogP contribution in [0, 0.1) is 6.92 Å². The fraction of sp³-hybridized carbons (Fsp3) is 0.222. The summed E-state index contributed by atoms with van der Waals surface area (Å²) in [7, 11) is 0. The third-order valence-electron chi connectivity index (χ3n) is 4.11. The van der Waals surface area contributed by atoms with Crippen LogP contribution in [0.4, 0.5) is 8.78 Å². The highest BCUT2D eigenvalue weighted by Gasteiger charge is 2.22. The fourth-order valence-corrected chi connectivity index (χ4v) is 2.85. The van der Waals surface area contributed by atoms with Gasteiger partial charge in [0.1, 0.15) is 5.69 Å². The van der Waals surface area contributed by atoms with Crippen molar-refractivity contribution in [2.45, 2.75) is 19.3 Å². The minimum Gasteiger partial charge on any atom is -0.395 e. The molecule has 0 radical (unpaired) electrons. The molecule has 1 amide bonds. The van der Waals surface area contributed by atoms with Gasteiger partial charge in [0.15, 0.2) is 0 Å². The van der Waals surface area contributed by atoms with Gasteiger partial charge in [-0.25, -0.2) is 13.5 Å². The third kappa shape index (κ3) is 3.10. The maximum atomic E-state index is 13.4. The number of hydrogen-bond acceptors (Lipinski definition) is 3. The highest BCUT2D eigenvalue weighted by Crippen LogP contribution is 2.31. The molecule has 5 nitrogen and oxygen atoms in total. The number of aliphatic hydroxyl groups is 1. The highest BCUT2D eigenvalue weighted by molar-refractivity contribution is 5.88. The number of rotatable bonds is 5. The molecule has 7 heteroatoms. The molecule has 1 heterocycles. The van der Waals surface area contributed by atoms with Crippen LogP contribution in [0.5, 0.6) is 0 Å². The molecule has 1 aromatic heterocycles. The van der Waals surface area contributed by atoms with Gasteiger partial charge in [-0.15, -0.1) is 0 Å². The fourth-order valence-electron chi connectivity index (χ4n) is 2.85. The first-order valence-corrected chi connectivity index (χ1v) is 7.70. The zero-order chi connectivity index (χ0) is 18.1. The second kappa shape index (κ2) is 6.60. The van der Waals surface area contributed by atoms with E-state index in [1.165, 1.54) is 16.8 Å². The smallest absolute Gasteiger partial charge is 0.282 e. The predicted octanol–water partition coefficient (Wildman–Crippen LogP) is 2.83. The summed E-state index contributed by atoms with van der Waals surface area (Å²) in [5.74, 6) is -1.59. The molecule has 0 spiro atoms. The number of hydrogen-bond donors (Lipinski definition) is 2. The van der Waals surface area contributed by atoms with Gasteiger partial charge in [-0.2, -0.15) is 5.10 Å². The van der Waals surface area contributed by atoms with Gasteiger partial charge in [0.05, 0.1) is 23.7 Å². The molecule has 3 N–H and O–H groups in total. The number of nitrogens with two attached hydrogens (primary N) is 1. The van der Waals surface area contributed by atoms with Crippen molar-refractivity contribution >= 4 is 16.8 Å². The Hall–Kier alpha value is -2.80. The average molecular weight is 345 g/mol. The van der Waals surface area contributed by atoms with E-state index < -0.39 is 24.9 Å². The Morgan fingerprint density at radius 1 is 1.28 bits per heavy atom. The molecular formula is C18H17F2N3O2. The van der Waals surface area contributed by atoms with E-state index in [9.17, 15) is 18.7 Å². The second-order valence-corrected chi connectivity index (χ2v) is 5.85. The second-order valence-electron chi connectivity index (χ2n) is 5.85. The number of alkyl halides is 2.